The minimum absolute atomic E-state index is 0.0467. The Labute approximate surface area is 180 Å². The average Bonchev–Trinajstić information content (AvgIpc) is 3.24. The first-order valence-electron chi connectivity index (χ1n) is 10.6. The highest BCUT2D eigenvalue weighted by molar-refractivity contribution is 8.03. The van der Waals surface area contributed by atoms with E-state index < -0.39 is 18.0 Å². The minimum Gasteiger partial charge on any atom is -0.477 e. The van der Waals surface area contributed by atoms with Crippen molar-refractivity contribution < 1.29 is 24.6 Å². The van der Waals surface area contributed by atoms with E-state index in [1.165, 1.54) is 16.7 Å². The van der Waals surface area contributed by atoms with Crippen molar-refractivity contribution in [3.63, 3.8) is 0 Å². The van der Waals surface area contributed by atoms with E-state index in [4.69, 9.17) is 0 Å². The number of hydrogen-bond donors (Lipinski definition) is 4. The van der Waals surface area contributed by atoms with Gasteiger partial charge in [-0.1, -0.05) is 6.92 Å². The molecule has 10 heteroatoms. The van der Waals surface area contributed by atoms with Gasteiger partial charge in [0, 0.05) is 42.3 Å². The number of piperazine rings is 1. The fourth-order valence-corrected chi connectivity index (χ4v) is 6.70. The molecule has 0 aromatic carbocycles. The van der Waals surface area contributed by atoms with Crippen LogP contribution in [0.2, 0.25) is 0 Å². The van der Waals surface area contributed by atoms with Gasteiger partial charge in [-0.3, -0.25) is 14.5 Å². The van der Waals surface area contributed by atoms with Gasteiger partial charge < -0.3 is 25.7 Å². The summed E-state index contributed by atoms with van der Waals surface area (Å²) in [5.74, 6) is -1.97. The Morgan fingerprint density at radius 3 is 2.67 bits per heavy atom. The van der Waals surface area contributed by atoms with Crippen LogP contribution in [-0.2, 0) is 14.4 Å². The van der Waals surface area contributed by atoms with Crippen LogP contribution in [0.4, 0.5) is 0 Å². The van der Waals surface area contributed by atoms with Crippen LogP contribution < -0.4 is 10.6 Å². The fourth-order valence-electron chi connectivity index (χ4n) is 5.22. The summed E-state index contributed by atoms with van der Waals surface area (Å²) in [6.45, 7) is 6.48. The number of ketones is 1. The highest BCUT2D eigenvalue weighted by atomic mass is 32.2. The number of rotatable bonds is 6. The largest absolute Gasteiger partial charge is 0.477 e. The van der Waals surface area contributed by atoms with Crippen molar-refractivity contribution in [3.05, 3.63) is 10.6 Å². The monoisotopic (exact) mass is 438 g/mol. The molecule has 4 aliphatic rings. The summed E-state index contributed by atoms with van der Waals surface area (Å²) in [4.78, 5) is 41.5. The van der Waals surface area contributed by atoms with Gasteiger partial charge in [-0.25, -0.2) is 4.79 Å². The van der Waals surface area contributed by atoms with E-state index in [2.05, 4.69) is 15.5 Å². The maximum Gasteiger partial charge on any atom is 0.353 e. The molecule has 0 aliphatic carbocycles. The van der Waals surface area contributed by atoms with Crippen LogP contribution in [0, 0.1) is 11.8 Å². The van der Waals surface area contributed by atoms with Crippen molar-refractivity contribution in [1.82, 2.24) is 20.4 Å². The van der Waals surface area contributed by atoms with E-state index in [0.29, 0.717) is 24.4 Å². The number of thioether (sulfide) groups is 1. The zero-order valence-electron chi connectivity index (χ0n) is 17.5. The average molecular weight is 439 g/mol. The number of carbonyl (C=O) groups is 3. The number of hydrogen-bond acceptors (Lipinski definition) is 8. The summed E-state index contributed by atoms with van der Waals surface area (Å²) in [7, 11) is 1.97. The van der Waals surface area contributed by atoms with Crippen LogP contribution >= 0.6 is 11.8 Å². The molecule has 0 radical (unpaired) electrons. The van der Waals surface area contributed by atoms with E-state index in [1.807, 2.05) is 14.0 Å². The number of carboxylic acid groups (broad SMARTS) is 1. The quantitative estimate of drug-likeness (QED) is 0.390. The molecule has 4 heterocycles. The maximum absolute atomic E-state index is 13.0. The van der Waals surface area contributed by atoms with Crippen molar-refractivity contribution in [3.8, 4) is 0 Å². The van der Waals surface area contributed by atoms with Crippen molar-refractivity contribution >= 4 is 29.4 Å². The van der Waals surface area contributed by atoms with Gasteiger partial charge in [0.25, 0.3) is 0 Å². The van der Waals surface area contributed by atoms with Gasteiger partial charge in [0.2, 0.25) is 5.91 Å². The van der Waals surface area contributed by atoms with Gasteiger partial charge >= 0.3 is 5.97 Å². The van der Waals surface area contributed by atoms with Gasteiger partial charge in [0.1, 0.15) is 5.70 Å². The molecule has 4 N–H and O–H groups in total. The Morgan fingerprint density at radius 2 is 2.03 bits per heavy atom. The van der Waals surface area contributed by atoms with E-state index in [9.17, 15) is 24.6 Å². The third kappa shape index (κ3) is 3.48. The third-order valence-corrected chi connectivity index (χ3v) is 8.39. The van der Waals surface area contributed by atoms with E-state index in [0.717, 1.165) is 13.1 Å². The molecule has 0 spiro atoms. The van der Waals surface area contributed by atoms with E-state index in [-0.39, 0.29) is 46.7 Å². The lowest BCUT2D eigenvalue weighted by Crippen LogP contribution is -2.63. The molecule has 4 aliphatic heterocycles. The summed E-state index contributed by atoms with van der Waals surface area (Å²) in [5.41, 5.74) is 0.0467. The van der Waals surface area contributed by atoms with Crippen LogP contribution in [0.25, 0.3) is 0 Å². The first kappa shape index (κ1) is 21.8. The second kappa shape index (κ2) is 8.23. The lowest BCUT2D eigenvalue weighted by molar-refractivity contribution is -0.163. The molecule has 6 unspecified atom stereocenters. The molecule has 0 saturated carbocycles. The summed E-state index contributed by atoms with van der Waals surface area (Å²) >= 11 is 1.47. The number of likely N-dealkylation sites (N-methyl/N-ethyl adjacent to an activating group) is 1. The second-order valence-corrected chi connectivity index (χ2v) is 10.2. The SMILES string of the molecule is CC(O)C1C(=O)N2C(C(=O)O)=C(SC3CNC(C(=O)C4CNCCN4C)C3)C(C)[C@H]12. The van der Waals surface area contributed by atoms with Gasteiger partial charge in [-0.15, -0.1) is 11.8 Å². The molecule has 30 heavy (non-hydrogen) atoms. The Bertz CT molecular complexity index is 787. The first-order chi connectivity index (χ1) is 14.2. The Balaban J connectivity index is 1.46. The molecule has 9 nitrogen and oxygen atoms in total. The van der Waals surface area contributed by atoms with Crippen molar-refractivity contribution in [1.29, 1.82) is 0 Å². The number of nitrogens with zero attached hydrogens (tertiary/aromatic N) is 2. The van der Waals surface area contributed by atoms with Crippen molar-refractivity contribution in [2.45, 2.75) is 49.7 Å². The zero-order valence-corrected chi connectivity index (χ0v) is 18.3. The lowest BCUT2D eigenvalue weighted by Gasteiger charge is -2.46. The molecule has 0 aromatic heterocycles. The molecular formula is C20H30N4O5S. The molecule has 4 rings (SSSR count). The molecule has 3 fully saturated rings. The number of nitrogens with one attached hydrogen (secondary N) is 2. The maximum atomic E-state index is 13.0. The Hall–Kier alpha value is -1.46. The highest BCUT2D eigenvalue weighted by Gasteiger charge is 2.60. The van der Waals surface area contributed by atoms with E-state index >= 15 is 0 Å². The molecule has 0 bridgehead atoms. The number of amides is 1. The van der Waals surface area contributed by atoms with Crippen LogP contribution in [0.5, 0.6) is 0 Å². The summed E-state index contributed by atoms with van der Waals surface area (Å²) in [6, 6.07) is -0.699. The smallest absolute Gasteiger partial charge is 0.353 e. The lowest BCUT2D eigenvalue weighted by atomic mass is 9.79. The predicted octanol–water partition coefficient (Wildman–Crippen LogP) is -0.923. The fraction of sp³-hybridized carbons (Fsp3) is 0.750. The minimum atomic E-state index is -1.11. The van der Waals surface area contributed by atoms with Crippen LogP contribution in [0.3, 0.4) is 0 Å². The third-order valence-electron chi connectivity index (χ3n) is 6.88. The number of carboxylic acids is 1. The van der Waals surface area contributed by atoms with Gasteiger partial charge in [0.15, 0.2) is 5.78 Å². The number of aliphatic hydroxyl groups excluding tert-OH is 1. The summed E-state index contributed by atoms with van der Waals surface area (Å²) in [6.07, 6.45) is -0.174. The van der Waals surface area contributed by atoms with Gasteiger partial charge in [-0.05, 0) is 20.4 Å². The molecule has 3 saturated heterocycles. The number of fused-ring (bicyclic) bond motifs is 1. The van der Waals surface area contributed by atoms with Crippen LogP contribution in [0.1, 0.15) is 20.3 Å². The number of β-lactam (4-membered cyclic amide) rings is 1. The van der Waals surface area contributed by atoms with E-state index in [1.54, 1.807) is 6.92 Å². The van der Waals surface area contributed by atoms with Gasteiger partial charge in [0.05, 0.1) is 30.1 Å². The van der Waals surface area contributed by atoms with Gasteiger partial charge in [-0.2, -0.15) is 0 Å². The van der Waals surface area contributed by atoms with Crippen LogP contribution in [0.15, 0.2) is 10.6 Å². The number of aliphatic hydroxyl groups is 1. The zero-order chi connectivity index (χ0) is 21.7. The molecule has 0 aromatic rings. The Kier molecular flexibility index (Phi) is 5.97. The first-order valence-corrected chi connectivity index (χ1v) is 11.4. The predicted molar refractivity (Wildman–Crippen MR) is 112 cm³/mol. The van der Waals surface area contributed by atoms with Crippen molar-refractivity contribution in [2.75, 3.05) is 33.2 Å². The highest BCUT2D eigenvalue weighted by Crippen LogP contribution is 2.51. The number of aliphatic carboxylic acids is 1. The second-order valence-electron chi connectivity index (χ2n) is 8.81. The summed E-state index contributed by atoms with van der Waals surface area (Å²) in [5, 5.41) is 26.4. The topological polar surface area (TPSA) is 122 Å². The molecule has 7 atom stereocenters. The Morgan fingerprint density at radius 1 is 1.30 bits per heavy atom. The van der Waals surface area contributed by atoms with Crippen molar-refractivity contribution in [2.24, 2.45) is 11.8 Å². The summed E-state index contributed by atoms with van der Waals surface area (Å²) < 4.78 is 0. The standard InChI is InChI=1S/C20H30N4O5S/c1-9-15-14(10(2)25)19(27)24(15)16(20(28)29)18(9)30-11-6-12(22-7-11)17(26)13-8-21-4-5-23(13)3/h9-15,21-22,25H,4-8H2,1-3H3,(H,28,29)/t9?,10?,11?,12?,13?,14?,15-/m1/s1. The molecule has 1 amide bonds. The molecular weight excluding hydrogens is 408 g/mol. The molecule has 166 valence electrons. The normalized spacial score (nSPS) is 37.9. The number of carbonyl (C=O) groups excluding carboxylic acids is 2. The number of Topliss-reactive ketones (excluding diaryl/α,β-unsaturated/α-hetero) is 1. The van der Waals surface area contributed by atoms with Crippen LogP contribution in [-0.4, -0.2) is 100 Å².